The van der Waals surface area contributed by atoms with Gasteiger partial charge in [-0.1, -0.05) is 41.9 Å². The van der Waals surface area contributed by atoms with Crippen molar-refractivity contribution in [1.29, 1.82) is 0 Å². The van der Waals surface area contributed by atoms with Crippen LogP contribution in [0.4, 0.5) is 0 Å². The highest BCUT2D eigenvalue weighted by molar-refractivity contribution is 6.30. The van der Waals surface area contributed by atoms with Crippen LogP contribution in [0, 0.1) is 0 Å². The number of hydrogen-bond acceptors (Lipinski definition) is 3. The molecule has 4 aromatic rings. The van der Waals surface area contributed by atoms with Gasteiger partial charge in [-0.3, -0.25) is 5.32 Å². The summed E-state index contributed by atoms with van der Waals surface area (Å²) in [5.74, 6) is 0.978. The standard InChI is InChI=1S/C21H20ClN5/c1-26-12-11-23-21(26)20(17-5-3-2-4-6-17)24-13-16-14-25-27(15-16)19-9-7-18(22)8-10-19/h2-12,14-15,20,24H,13H2,1H3. The van der Waals surface area contributed by atoms with Gasteiger partial charge in [0.15, 0.2) is 0 Å². The van der Waals surface area contributed by atoms with Gasteiger partial charge in [0.05, 0.1) is 17.9 Å². The zero-order valence-corrected chi connectivity index (χ0v) is 15.7. The fourth-order valence-electron chi connectivity index (χ4n) is 3.07. The molecule has 136 valence electrons. The maximum absolute atomic E-state index is 5.96. The normalized spacial score (nSPS) is 12.2. The predicted molar refractivity (Wildman–Crippen MR) is 107 cm³/mol. The lowest BCUT2D eigenvalue weighted by molar-refractivity contribution is 0.558. The van der Waals surface area contributed by atoms with Gasteiger partial charge in [-0.15, -0.1) is 0 Å². The molecule has 0 amide bonds. The van der Waals surface area contributed by atoms with Crippen molar-refractivity contribution in [1.82, 2.24) is 24.6 Å². The molecular weight excluding hydrogens is 358 g/mol. The summed E-state index contributed by atoms with van der Waals surface area (Å²) in [6.45, 7) is 0.681. The average Bonchev–Trinajstić information content (AvgIpc) is 3.33. The quantitative estimate of drug-likeness (QED) is 0.549. The lowest BCUT2D eigenvalue weighted by Gasteiger charge is -2.18. The van der Waals surface area contributed by atoms with Gasteiger partial charge in [-0.25, -0.2) is 9.67 Å². The predicted octanol–water partition coefficient (Wildman–Crippen LogP) is 4.14. The topological polar surface area (TPSA) is 47.7 Å². The van der Waals surface area contributed by atoms with Crippen molar-refractivity contribution in [3.8, 4) is 5.69 Å². The number of benzene rings is 2. The van der Waals surface area contributed by atoms with Crippen LogP contribution in [0.15, 0.2) is 79.4 Å². The van der Waals surface area contributed by atoms with Gasteiger partial charge in [0.2, 0.25) is 0 Å². The minimum absolute atomic E-state index is 0.00471. The highest BCUT2D eigenvalue weighted by atomic mass is 35.5. The van der Waals surface area contributed by atoms with E-state index < -0.39 is 0 Å². The van der Waals surface area contributed by atoms with Crippen LogP contribution >= 0.6 is 11.6 Å². The van der Waals surface area contributed by atoms with Crippen LogP contribution in [-0.4, -0.2) is 19.3 Å². The molecule has 0 spiro atoms. The summed E-state index contributed by atoms with van der Waals surface area (Å²) in [4.78, 5) is 4.53. The van der Waals surface area contributed by atoms with Gasteiger partial charge in [-0.05, 0) is 29.8 Å². The summed E-state index contributed by atoms with van der Waals surface area (Å²) in [7, 11) is 2.01. The first-order valence-electron chi connectivity index (χ1n) is 8.76. The average molecular weight is 378 g/mol. The molecule has 1 N–H and O–H groups in total. The van der Waals surface area contributed by atoms with E-state index in [1.165, 1.54) is 5.56 Å². The molecule has 0 fully saturated rings. The molecule has 0 bridgehead atoms. The van der Waals surface area contributed by atoms with Gasteiger partial charge in [0, 0.05) is 42.8 Å². The Morgan fingerprint density at radius 3 is 2.56 bits per heavy atom. The molecule has 1 atom stereocenters. The summed E-state index contributed by atoms with van der Waals surface area (Å²) in [6.07, 6.45) is 7.69. The van der Waals surface area contributed by atoms with Crippen LogP contribution in [0.5, 0.6) is 0 Å². The first-order chi connectivity index (χ1) is 13.2. The van der Waals surface area contributed by atoms with Crippen molar-refractivity contribution in [3.05, 3.63) is 101 Å². The minimum Gasteiger partial charge on any atom is -0.336 e. The van der Waals surface area contributed by atoms with E-state index in [1.54, 1.807) is 0 Å². The van der Waals surface area contributed by atoms with Crippen LogP contribution in [0.25, 0.3) is 5.69 Å². The van der Waals surface area contributed by atoms with E-state index in [-0.39, 0.29) is 6.04 Å². The molecule has 2 heterocycles. The number of nitrogens with one attached hydrogen (secondary N) is 1. The molecule has 5 nitrogen and oxygen atoms in total. The molecule has 0 radical (unpaired) electrons. The van der Waals surface area contributed by atoms with Crippen LogP contribution in [0.3, 0.4) is 0 Å². The molecule has 0 aliphatic carbocycles. The lowest BCUT2D eigenvalue weighted by Crippen LogP contribution is -2.24. The molecule has 0 saturated heterocycles. The number of aryl methyl sites for hydroxylation is 1. The second-order valence-electron chi connectivity index (χ2n) is 6.39. The summed E-state index contributed by atoms with van der Waals surface area (Å²) >= 11 is 5.96. The number of nitrogens with zero attached hydrogens (tertiary/aromatic N) is 4. The molecule has 2 aromatic heterocycles. The van der Waals surface area contributed by atoms with Gasteiger partial charge >= 0.3 is 0 Å². The maximum Gasteiger partial charge on any atom is 0.130 e. The number of imidazole rings is 1. The molecule has 0 saturated carbocycles. The van der Waals surface area contributed by atoms with Crippen molar-refractivity contribution in [2.24, 2.45) is 7.05 Å². The summed E-state index contributed by atoms with van der Waals surface area (Å²) in [5, 5.41) is 8.79. The number of aromatic nitrogens is 4. The number of rotatable bonds is 6. The van der Waals surface area contributed by atoms with Crippen molar-refractivity contribution in [2.75, 3.05) is 0 Å². The van der Waals surface area contributed by atoms with E-state index in [0.29, 0.717) is 11.6 Å². The first-order valence-corrected chi connectivity index (χ1v) is 9.13. The van der Waals surface area contributed by atoms with Crippen LogP contribution < -0.4 is 5.32 Å². The monoisotopic (exact) mass is 377 g/mol. The Labute approximate surface area is 163 Å². The minimum atomic E-state index is 0.00471. The van der Waals surface area contributed by atoms with Crippen LogP contribution in [-0.2, 0) is 13.6 Å². The molecule has 4 rings (SSSR count). The van der Waals surface area contributed by atoms with E-state index >= 15 is 0 Å². The van der Waals surface area contributed by atoms with E-state index in [9.17, 15) is 0 Å². The second kappa shape index (κ2) is 7.78. The largest absolute Gasteiger partial charge is 0.336 e. The van der Waals surface area contributed by atoms with E-state index in [2.05, 4.69) is 27.5 Å². The zero-order valence-electron chi connectivity index (χ0n) is 15.0. The van der Waals surface area contributed by atoms with Gasteiger partial charge in [0.25, 0.3) is 0 Å². The SMILES string of the molecule is Cn1ccnc1C(NCc1cnn(-c2ccc(Cl)cc2)c1)c1ccccc1. The number of hydrogen-bond donors (Lipinski definition) is 1. The lowest BCUT2D eigenvalue weighted by atomic mass is 10.1. The molecule has 6 heteroatoms. The Morgan fingerprint density at radius 1 is 1.07 bits per heavy atom. The maximum atomic E-state index is 5.96. The van der Waals surface area contributed by atoms with Crippen molar-refractivity contribution in [2.45, 2.75) is 12.6 Å². The van der Waals surface area contributed by atoms with Crippen LogP contribution in [0.1, 0.15) is 23.0 Å². The fourth-order valence-corrected chi connectivity index (χ4v) is 3.19. The third-order valence-corrected chi connectivity index (χ3v) is 4.74. The smallest absolute Gasteiger partial charge is 0.130 e. The fraction of sp³-hybridized carbons (Fsp3) is 0.143. The molecule has 1 unspecified atom stereocenters. The molecule has 0 aliphatic heterocycles. The van der Waals surface area contributed by atoms with Crippen molar-refractivity contribution in [3.63, 3.8) is 0 Å². The second-order valence-corrected chi connectivity index (χ2v) is 6.83. The van der Waals surface area contributed by atoms with Crippen LogP contribution in [0.2, 0.25) is 5.02 Å². The Balaban J connectivity index is 1.53. The number of halogens is 1. The molecule has 0 aliphatic rings. The third-order valence-electron chi connectivity index (χ3n) is 4.49. The van der Waals surface area contributed by atoms with E-state index in [0.717, 1.165) is 17.1 Å². The zero-order chi connectivity index (χ0) is 18.6. The third kappa shape index (κ3) is 3.94. The van der Waals surface area contributed by atoms with E-state index in [4.69, 9.17) is 11.6 Å². The van der Waals surface area contributed by atoms with Gasteiger partial charge in [-0.2, -0.15) is 5.10 Å². The highest BCUT2D eigenvalue weighted by Crippen LogP contribution is 2.21. The summed E-state index contributed by atoms with van der Waals surface area (Å²) in [5.41, 5.74) is 3.26. The summed E-state index contributed by atoms with van der Waals surface area (Å²) in [6, 6.07) is 18.0. The molecule has 27 heavy (non-hydrogen) atoms. The molecule has 2 aromatic carbocycles. The highest BCUT2D eigenvalue weighted by Gasteiger charge is 2.17. The first kappa shape index (κ1) is 17.5. The van der Waals surface area contributed by atoms with Gasteiger partial charge < -0.3 is 4.57 Å². The Morgan fingerprint density at radius 2 is 1.85 bits per heavy atom. The van der Waals surface area contributed by atoms with Crippen molar-refractivity contribution >= 4 is 11.6 Å². The Bertz CT molecular complexity index is 1000. The molecular formula is C21H20ClN5. The Hall–Kier alpha value is -2.89. The Kier molecular flexibility index (Phi) is 5.05. The summed E-state index contributed by atoms with van der Waals surface area (Å²) < 4.78 is 3.90. The van der Waals surface area contributed by atoms with Gasteiger partial charge in [0.1, 0.15) is 5.82 Å². The van der Waals surface area contributed by atoms with Crippen molar-refractivity contribution < 1.29 is 0 Å². The van der Waals surface area contributed by atoms with E-state index in [1.807, 2.05) is 83.5 Å².